The van der Waals surface area contributed by atoms with E-state index in [9.17, 15) is 4.79 Å². The summed E-state index contributed by atoms with van der Waals surface area (Å²) < 4.78 is 8.90. The van der Waals surface area contributed by atoms with E-state index >= 15 is 0 Å². The predicted octanol–water partition coefficient (Wildman–Crippen LogP) is 0.930. The quantitative estimate of drug-likeness (QED) is 0.584. The van der Waals surface area contributed by atoms with Gasteiger partial charge in [0.25, 0.3) is 0 Å². The molecule has 1 heterocycles. The van der Waals surface area contributed by atoms with Crippen molar-refractivity contribution in [1.29, 1.82) is 0 Å². The van der Waals surface area contributed by atoms with Gasteiger partial charge in [0, 0.05) is 12.3 Å². The molecule has 0 aliphatic heterocycles. The minimum Gasteiger partial charge on any atom is -0.437 e. The lowest BCUT2D eigenvalue weighted by molar-refractivity contribution is 0.119. The van der Waals surface area contributed by atoms with Gasteiger partial charge in [0.2, 0.25) is 5.88 Å². The fourth-order valence-corrected chi connectivity index (χ4v) is 0.618. The van der Waals surface area contributed by atoms with Crippen LogP contribution in [-0.2, 0) is 4.74 Å². The van der Waals surface area contributed by atoms with E-state index in [2.05, 4.69) is 19.4 Å². The van der Waals surface area contributed by atoms with E-state index in [1.54, 1.807) is 6.92 Å². The first kappa shape index (κ1) is 8.45. The Hall–Kier alpha value is -1.65. The molecule has 1 aromatic heterocycles. The molecule has 1 rings (SSSR count). The highest BCUT2D eigenvalue weighted by atomic mass is 16.7. The number of ether oxygens (including phenoxy) is 2. The van der Waals surface area contributed by atoms with Crippen molar-refractivity contribution < 1.29 is 14.3 Å². The van der Waals surface area contributed by atoms with Gasteiger partial charge in [-0.1, -0.05) is 0 Å². The Bertz CT molecular complexity index is 288. The van der Waals surface area contributed by atoms with Crippen molar-refractivity contribution in [2.24, 2.45) is 0 Å². The smallest absolute Gasteiger partial charge is 0.437 e. The largest absolute Gasteiger partial charge is 0.514 e. The minimum absolute atomic E-state index is 0.189. The second-order valence-corrected chi connectivity index (χ2v) is 2.00. The zero-order valence-electron chi connectivity index (χ0n) is 6.77. The average molecular weight is 168 g/mol. The molecule has 0 N–H and O–H groups in total. The lowest BCUT2D eigenvalue weighted by Gasteiger charge is -2.00. The second kappa shape index (κ2) is 3.66. The van der Waals surface area contributed by atoms with Crippen molar-refractivity contribution in [2.45, 2.75) is 6.92 Å². The number of carbonyl (C=O) groups is 1. The van der Waals surface area contributed by atoms with Gasteiger partial charge >= 0.3 is 6.16 Å². The van der Waals surface area contributed by atoms with Crippen molar-refractivity contribution in [3.63, 3.8) is 0 Å². The molecule has 64 valence electrons. The molecule has 0 unspecified atom stereocenters. The third-order valence-electron chi connectivity index (χ3n) is 1.11. The highest BCUT2D eigenvalue weighted by molar-refractivity contribution is 5.62. The maximum absolute atomic E-state index is 10.6. The van der Waals surface area contributed by atoms with Crippen molar-refractivity contribution in [3.8, 4) is 5.88 Å². The average Bonchev–Trinajstić information content (AvgIpc) is 2.04. The van der Waals surface area contributed by atoms with Crippen LogP contribution in [0, 0.1) is 6.92 Å². The van der Waals surface area contributed by atoms with Crippen molar-refractivity contribution >= 4 is 6.16 Å². The van der Waals surface area contributed by atoms with Gasteiger partial charge in [0.15, 0.2) is 0 Å². The van der Waals surface area contributed by atoms with Gasteiger partial charge in [-0.25, -0.2) is 9.78 Å². The summed E-state index contributed by atoms with van der Waals surface area (Å²) in [5, 5.41) is 0. The molecule has 0 aliphatic carbocycles. The summed E-state index contributed by atoms with van der Waals surface area (Å²) in [4.78, 5) is 18.2. The molecule has 0 amide bonds. The number of nitrogens with zero attached hydrogens (tertiary/aromatic N) is 2. The second-order valence-electron chi connectivity index (χ2n) is 2.00. The van der Waals surface area contributed by atoms with Crippen LogP contribution in [0.25, 0.3) is 0 Å². The summed E-state index contributed by atoms with van der Waals surface area (Å²) in [5.41, 5.74) is 0. The van der Waals surface area contributed by atoms with Crippen molar-refractivity contribution in [2.75, 3.05) is 7.11 Å². The summed E-state index contributed by atoms with van der Waals surface area (Å²) in [6.45, 7) is 1.70. The number of hydrogen-bond acceptors (Lipinski definition) is 5. The summed E-state index contributed by atoms with van der Waals surface area (Å²) >= 11 is 0. The Morgan fingerprint density at radius 2 is 2.33 bits per heavy atom. The molecule has 1 aromatic rings. The first-order valence-corrected chi connectivity index (χ1v) is 3.28. The molecule has 0 saturated heterocycles. The summed E-state index contributed by atoms with van der Waals surface area (Å²) in [6.07, 6.45) is 0.716. The highest BCUT2D eigenvalue weighted by Crippen LogP contribution is 2.04. The van der Waals surface area contributed by atoms with Crippen LogP contribution in [0.15, 0.2) is 12.3 Å². The van der Waals surface area contributed by atoms with E-state index < -0.39 is 6.16 Å². The van der Waals surface area contributed by atoms with E-state index in [0.29, 0.717) is 5.82 Å². The SMILES string of the molecule is COC(=O)Oc1ccnc(C)n1. The van der Waals surface area contributed by atoms with Gasteiger partial charge < -0.3 is 9.47 Å². The Morgan fingerprint density at radius 1 is 1.58 bits per heavy atom. The number of rotatable bonds is 1. The molecular weight excluding hydrogens is 160 g/mol. The fraction of sp³-hybridized carbons (Fsp3) is 0.286. The van der Waals surface area contributed by atoms with Gasteiger partial charge in [-0.3, -0.25) is 0 Å². The normalized spacial score (nSPS) is 9.17. The molecule has 5 nitrogen and oxygen atoms in total. The number of aryl methyl sites for hydroxylation is 1. The van der Waals surface area contributed by atoms with E-state index in [-0.39, 0.29) is 5.88 Å². The number of methoxy groups -OCH3 is 1. The van der Waals surface area contributed by atoms with Gasteiger partial charge in [0.1, 0.15) is 5.82 Å². The van der Waals surface area contributed by atoms with E-state index in [1.165, 1.54) is 19.4 Å². The molecular formula is C7H8N2O3. The van der Waals surface area contributed by atoms with E-state index in [1.807, 2.05) is 0 Å². The van der Waals surface area contributed by atoms with Crippen LogP contribution in [0.5, 0.6) is 5.88 Å². The molecule has 0 spiro atoms. The van der Waals surface area contributed by atoms with Crippen LogP contribution in [0.1, 0.15) is 5.82 Å². The van der Waals surface area contributed by atoms with Gasteiger partial charge in [0.05, 0.1) is 7.11 Å². The Kier molecular flexibility index (Phi) is 2.57. The van der Waals surface area contributed by atoms with Crippen LogP contribution in [0.4, 0.5) is 4.79 Å². The summed E-state index contributed by atoms with van der Waals surface area (Å²) in [6, 6.07) is 1.48. The molecule has 0 saturated carbocycles. The number of aromatic nitrogens is 2. The minimum atomic E-state index is -0.784. The van der Waals surface area contributed by atoms with Gasteiger partial charge in [-0.15, -0.1) is 0 Å². The van der Waals surface area contributed by atoms with Crippen molar-refractivity contribution in [1.82, 2.24) is 9.97 Å². The van der Waals surface area contributed by atoms with E-state index in [4.69, 9.17) is 0 Å². The molecule has 0 fully saturated rings. The monoisotopic (exact) mass is 168 g/mol. The first-order valence-electron chi connectivity index (χ1n) is 3.28. The van der Waals surface area contributed by atoms with Gasteiger partial charge in [-0.2, -0.15) is 4.98 Å². The number of carbonyl (C=O) groups excluding carboxylic acids is 1. The Balaban J connectivity index is 2.69. The summed E-state index contributed by atoms with van der Waals surface area (Å²) in [7, 11) is 1.23. The molecule has 0 atom stereocenters. The zero-order chi connectivity index (χ0) is 8.97. The predicted molar refractivity (Wildman–Crippen MR) is 39.8 cm³/mol. The van der Waals surface area contributed by atoms with Crippen molar-refractivity contribution in [3.05, 3.63) is 18.1 Å². The standard InChI is InChI=1S/C7H8N2O3/c1-5-8-4-3-6(9-5)12-7(10)11-2/h3-4H,1-2H3. The lowest BCUT2D eigenvalue weighted by Crippen LogP contribution is -2.08. The maximum atomic E-state index is 10.6. The van der Waals surface area contributed by atoms with Crippen LogP contribution in [0.3, 0.4) is 0 Å². The topological polar surface area (TPSA) is 61.3 Å². The van der Waals surface area contributed by atoms with Gasteiger partial charge in [-0.05, 0) is 6.92 Å². The molecule has 0 aliphatic rings. The first-order chi connectivity index (χ1) is 5.72. The molecule has 0 radical (unpaired) electrons. The number of hydrogen-bond donors (Lipinski definition) is 0. The van der Waals surface area contributed by atoms with Crippen LogP contribution >= 0.6 is 0 Å². The molecule has 0 bridgehead atoms. The van der Waals surface area contributed by atoms with Crippen LogP contribution < -0.4 is 4.74 Å². The maximum Gasteiger partial charge on any atom is 0.514 e. The molecule has 5 heteroatoms. The Morgan fingerprint density at radius 3 is 2.92 bits per heavy atom. The highest BCUT2D eigenvalue weighted by Gasteiger charge is 2.03. The third kappa shape index (κ3) is 2.19. The third-order valence-corrected chi connectivity index (χ3v) is 1.11. The van der Waals surface area contributed by atoms with Crippen LogP contribution in [-0.4, -0.2) is 23.2 Å². The summed E-state index contributed by atoms with van der Waals surface area (Å²) in [5.74, 6) is 0.728. The van der Waals surface area contributed by atoms with Crippen LogP contribution in [0.2, 0.25) is 0 Å². The zero-order valence-corrected chi connectivity index (χ0v) is 6.77. The molecule has 0 aromatic carbocycles. The molecule has 12 heavy (non-hydrogen) atoms. The fourth-order valence-electron chi connectivity index (χ4n) is 0.618. The Labute approximate surface area is 69.4 Å². The lowest BCUT2D eigenvalue weighted by atomic mass is 10.6. The van der Waals surface area contributed by atoms with E-state index in [0.717, 1.165) is 0 Å².